The number of furan rings is 1. The van der Waals surface area contributed by atoms with Gasteiger partial charge in [0.25, 0.3) is 0 Å². The molecule has 0 fully saturated rings. The van der Waals surface area contributed by atoms with E-state index >= 15 is 0 Å². The zero-order valence-corrected chi connectivity index (χ0v) is 27.5. The van der Waals surface area contributed by atoms with E-state index in [-0.39, 0.29) is 0 Å². The van der Waals surface area contributed by atoms with Crippen LogP contribution in [0.25, 0.3) is 77.5 Å². The van der Waals surface area contributed by atoms with Crippen molar-refractivity contribution < 1.29 is 8.83 Å². The third-order valence-electron chi connectivity index (χ3n) is 9.67. The van der Waals surface area contributed by atoms with E-state index in [2.05, 4.69) is 144 Å². The average Bonchev–Trinajstić information content (AvgIpc) is 3.81. The molecule has 0 amide bonds. The molecular weight excluding hydrogens is 625 g/mol. The van der Waals surface area contributed by atoms with Gasteiger partial charge in [0.2, 0.25) is 5.89 Å². The summed E-state index contributed by atoms with van der Waals surface area (Å²) in [5.41, 5.74) is 11.8. The summed E-state index contributed by atoms with van der Waals surface area (Å²) in [6.45, 7) is 0. The quantitative estimate of drug-likeness (QED) is 0.179. The van der Waals surface area contributed by atoms with Crippen molar-refractivity contribution in [2.75, 3.05) is 4.90 Å². The van der Waals surface area contributed by atoms with Crippen molar-refractivity contribution in [2.45, 2.75) is 0 Å². The van der Waals surface area contributed by atoms with Gasteiger partial charge in [0.1, 0.15) is 16.7 Å². The molecule has 0 bridgehead atoms. The molecule has 10 aromatic rings. The van der Waals surface area contributed by atoms with Crippen molar-refractivity contribution in [2.24, 2.45) is 0 Å². The van der Waals surface area contributed by atoms with Gasteiger partial charge >= 0.3 is 0 Å². The molecular formula is C47H30N2O2. The molecule has 0 aliphatic heterocycles. The first kappa shape index (κ1) is 29.0. The molecule has 4 heteroatoms. The number of benzene rings is 8. The fraction of sp³-hybridized carbons (Fsp3) is 0. The minimum atomic E-state index is 0.592. The van der Waals surface area contributed by atoms with Crippen LogP contribution in [0.4, 0.5) is 17.1 Å². The van der Waals surface area contributed by atoms with Crippen molar-refractivity contribution in [3.63, 3.8) is 0 Å². The van der Waals surface area contributed by atoms with E-state index in [4.69, 9.17) is 13.8 Å². The van der Waals surface area contributed by atoms with Gasteiger partial charge in [-0.3, -0.25) is 0 Å². The zero-order valence-electron chi connectivity index (χ0n) is 27.5. The second-order valence-corrected chi connectivity index (χ2v) is 12.8. The number of fused-ring (bicyclic) bond motifs is 6. The van der Waals surface area contributed by atoms with E-state index < -0.39 is 0 Å². The maximum atomic E-state index is 6.47. The average molecular weight is 655 g/mol. The van der Waals surface area contributed by atoms with E-state index in [1.54, 1.807) is 0 Å². The summed E-state index contributed by atoms with van der Waals surface area (Å²) in [7, 11) is 0. The monoisotopic (exact) mass is 654 g/mol. The van der Waals surface area contributed by atoms with Gasteiger partial charge in [-0.15, -0.1) is 0 Å². The van der Waals surface area contributed by atoms with Crippen molar-refractivity contribution in [3.8, 4) is 33.7 Å². The first-order chi connectivity index (χ1) is 25.2. The standard InChI is InChI=1S/C47H30N2O2/c1-3-10-31(11-4-1)36-16-9-17-39(29-36)49(38-22-20-33(21-23-38)37-19-18-32-12-7-8-15-35(32)28-37)40-24-26-43-41(30-40)45-44(50-43)27-25-42-46(45)51-47(48-42)34-13-5-2-6-14-34/h1-30H. The number of aromatic nitrogens is 1. The molecule has 0 spiro atoms. The van der Waals surface area contributed by atoms with E-state index in [9.17, 15) is 0 Å². The lowest BCUT2D eigenvalue weighted by Crippen LogP contribution is -2.10. The van der Waals surface area contributed by atoms with Crippen LogP contribution in [0.15, 0.2) is 191 Å². The van der Waals surface area contributed by atoms with Gasteiger partial charge in [0.05, 0.1) is 5.39 Å². The number of nitrogens with zero attached hydrogens (tertiary/aromatic N) is 2. The zero-order chi connectivity index (χ0) is 33.7. The lowest BCUT2D eigenvalue weighted by molar-refractivity contribution is 0.622. The highest BCUT2D eigenvalue weighted by Gasteiger charge is 2.20. The Morgan fingerprint density at radius 3 is 1.84 bits per heavy atom. The fourth-order valence-electron chi connectivity index (χ4n) is 7.15. The maximum Gasteiger partial charge on any atom is 0.227 e. The number of oxazole rings is 1. The molecule has 2 aromatic heterocycles. The van der Waals surface area contributed by atoms with Crippen LogP contribution in [0, 0.1) is 0 Å². The Kier molecular flexibility index (Phi) is 6.78. The first-order valence-electron chi connectivity index (χ1n) is 17.1. The van der Waals surface area contributed by atoms with Gasteiger partial charge in [0, 0.05) is 28.0 Å². The minimum Gasteiger partial charge on any atom is -0.456 e. The van der Waals surface area contributed by atoms with Crippen molar-refractivity contribution in [1.82, 2.24) is 4.98 Å². The van der Waals surface area contributed by atoms with Gasteiger partial charge in [-0.2, -0.15) is 0 Å². The van der Waals surface area contributed by atoms with Crippen LogP contribution < -0.4 is 4.90 Å². The van der Waals surface area contributed by atoms with Gasteiger partial charge in [-0.05, 0) is 106 Å². The molecule has 51 heavy (non-hydrogen) atoms. The fourth-order valence-corrected chi connectivity index (χ4v) is 7.15. The Labute approximate surface area is 294 Å². The number of hydrogen-bond acceptors (Lipinski definition) is 4. The molecule has 0 radical (unpaired) electrons. The largest absolute Gasteiger partial charge is 0.456 e. The van der Waals surface area contributed by atoms with Crippen LogP contribution in [0.3, 0.4) is 0 Å². The van der Waals surface area contributed by atoms with Crippen LogP contribution in [-0.2, 0) is 0 Å². The van der Waals surface area contributed by atoms with Gasteiger partial charge < -0.3 is 13.7 Å². The van der Waals surface area contributed by atoms with Gasteiger partial charge in [-0.1, -0.05) is 109 Å². The molecule has 0 saturated carbocycles. The predicted octanol–water partition coefficient (Wildman–Crippen LogP) is 13.4. The highest BCUT2D eigenvalue weighted by atomic mass is 16.4. The summed E-state index contributed by atoms with van der Waals surface area (Å²) in [4.78, 5) is 7.15. The smallest absolute Gasteiger partial charge is 0.227 e. The molecule has 0 atom stereocenters. The van der Waals surface area contributed by atoms with E-state index in [1.807, 2.05) is 42.5 Å². The highest BCUT2D eigenvalue weighted by Crippen LogP contribution is 2.42. The van der Waals surface area contributed by atoms with E-state index in [1.165, 1.54) is 27.5 Å². The second kappa shape index (κ2) is 11.9. The molecule has 0 aliphatic rings. The van der Waals surface area contributed by atoms with Crippen molar-refractivity contribution in [3.05, 3.63) is 182 Å². The van der Waals surface area contributed by atoms with Crippen molar-refractivity contribution >= 4 is 60.9 Å². The summed E-state index contributed by atoms with van der Waals surface area (Å²) < 4.78 is 12.9. The molecule has 2 heterocycles. The third kappa shape index (κ3) is 5.13. The Balaban J connectivity index is 1.13. The molecule has 0 aliphatic carbocycles. The Hall–Kier alpha value is -6.91. The van der Waals surface area contributed by atoms with E-state index in [0.29, 0.717) is 5.89 Å². The summed E-state index contributed by atoms with van der Waals surface area (Å²) in [5.74, 6) is 0.592. The highest BCUT2D eigenvalue weighted by molar-refractivity contribution is 6.17. The van der Waals surface area contributed by atoms with Crippen LogP contribution in [0.5, 0.6) is 0 Å². The third-order valence-corrected chi connectivity index (χ3v) is 9.67. The minimum absolute atomic E-state index is 0.592. The molecule has 0 N–H and O–H groups in total. The van der Waals surface area contributed by atoms with Gasteiger partial charge in [0.15, 0.2) is 5.58 Å². The predicted molar refractivity (Wildman–Crippen MR) is 210 cm³/mol. The lowest BCUT2D eigenvalue weighted by Gasteiger charge is -2.26. The van der Waals surface area contributed by atoms with Crippen LogP contribution in [-0.4, -0.2) is 4.98 Å². The lowest BCUT2D eigenvalue weighted by atomic mass is 10.0. The Bertz CT molecular complexity index is 2850. The molecule has 4 nitrogen and oxygen atoms in total. The van der Waals surface area contributed by atoms with Crippen molar-refractivity contribution in [1.29, 1.82) is 0 Å². The first-order valence-corrected chi connectivity index (χ1v) is 17.1. The summed E-state index contributed by atoms with van der Waals surface area (Å²) in [6, 6.07) is 63.6. The van der Waals surface area contributed by atoms with Crippen LogP contribution in [0.1, 0.15) is 0 Å². The molecule has 0 saturated heterocycles. The Morgan fingerprint density at radius 1 is 0.392 bits per heavy atom. The van der Waals surface area contributed by atoms with Crippen LogP contribution in [0.2, 0.25) is 0 Å². The topological polar surface area (TPSA) is 42.4 Å². The number of rotatable bonds is 6. The second-order valence-electron chi connectivity index (χ2n) is 12.8. The normalized spacial score (nSPS) is 11.5. The maximum absolute atomic E-state index is 6.47. The SMILES string of the molecule is c1ccc(-c2cccc(N(c3ccc(-c4ccc5ccccc5c4)cc3)c3ccc4oc5ccc6nc(-c7ccccc7)oc6c5c4c3)c2)cc1. The molecule has 240 valence electrons. The Morgan fingerprint density at radius 2 is 1.02 bits per heavy atom. The van der Waals surface area contributed by atoms with Gasteiger partial charge in [-0.25, -0.2) is 4.98 Å². The number of hydrogen-bond donors (Lipinski definition) is 0. The summed E-state index contributed by atoms with van der Waals surface area (Å²) >= 11 is 0. The molecule has 0 unspecified atom stereocenters. The molecule has 8 aromatic carbocycles. The molecule has 10 rings (SSSR count). The number of anilines is 3. The summed E-state index contributed by atoms with van der Waals surface area (Å²) in [5, 5.41) is 4.36. The summed E-state index contributed by atoms with van der Waals surface area (Å²) in [6.07, 6.45) is 0. The van der Waals surface area contributed by atoms with E-state index in [0.717, 1.165) is 61.2 Å². The van der Waals surface area contributed by atoms with Crippen LogP contribution >= 0.6 is 0 Å².